The van der Waals surface area contributed by atoms with Crippen LogP contribution in [-0.4, -0.2) is 8.94 Å². The molecule has 0 radical (unpaired) electrons. The molecule has 0 spiro atoms. The van der Waals surface area contributed by atoms with Crippen LogP contribution in [0.2, 0.25) is 5.02 Å². The largest absolute Gasteiger partial charge is 0.332 e. The highest BCUT2D eigenvalue weighted by Gasteiger charge is 2.12. The number of anilines is 2. The molecular formula is C15H12ClN3OS. The normalized spacial score (nSPS) is 10.6. The van der Waals surface area contributed by atoms with Crippen molar-refractivity contribution < 1.29 is 0 Å². The van der Waals surface area contributed by atoms with Crippen molar-refractivity contribution in [2.75, 3.05) is 5.32 Å². The van der Waals surface area contributed by atoms with Gasteiger partial charge in [0.2, 0.25) is 5.95 Å². The second-order valence-corrected chi connectivity index (χ2v) is 5.68. The van der Waals surface area contributed by atoms with Gasteiger partial charge in [-0.15, -0.1) is 0 Å². The molecule has 0 aliphatic rings. The first kappa shape index (κ1) is 13.9. The Morgan fingerprint density at radius 3 is 2.57 bits per heavy atom. The second kappa shape index (κ2) is 5.71. The van der Waals surface area contributed by atoms with Gasteiger partial charge in [-0.25, -0.2) is 4.57 Å². The lowest BCUT2D eigenvalue weighted by atomic mass is 10.2. The summed E-state index contributed by atoms with van der Waals surface area (Å²) in [5.41, 5.74) is 2.67. The number of hydrogen-bond donors (Lipinski definition) is 1. The van der Waals surface area contributed by atoms with Crippen molar-refractivity contribution in [3.05, 3.63) is 68.8 Å². The monoisotopic (exact) mass is 317 g/mol. The van der Waals surface area contributed by atoms with Crippen molar-refractivity contribution in [1.29, 1.82) is 0 Å². The molecular weight excluding hydrogens is 306 g/mol. The van der Waals surface area contributed by atoms with E-state index in [2.05, 4.69) is 9.69 Å². The fourth-order valence-corrected chi connectivity index (χ4v) is 2.70. The van der Waals surface area contributed by atoms with Gasteiger partial charge in [0, 0.05) is 22.2 Å². The second-order valence-electron chi connectivity index (χ2n) is 4.53. The van der Waals surface area contributed by atoms with Crippen LogP contribution in [0, 0.1) is 6.92 Å². The van der Waals surface area contributed by atoms with Gasteiger partial charge >= 0.3 is 4.87 Å². The lowest BCUT2D eigenvalue weighted by Crippen LogP contribution is -2.14. The number of rotatable bonds is 3. The Bertz CT molecular complexity index is 823. The Hall–Kier alpha value is -2.11. The van der Waals surface area contributed by atoms with Crippen LogP contribution in [0.25, 0.3) is 5.69 Å². The number of hydrogen-bond acceptors (Lipinski definition) is 4. The van der Waals surface area contributed by atoms with E-state index in [0.29, 0.717) is 11.0 Å². The van der Waals surface area contributed by atoms with E-state index in [1.54, 1.807) is 16.7 Å². The third kappa shape index (κ3) is 2.84. The Morgan fingerprint density at radius 2 is 1.86 bits per heavy atom. The summed E-state index contributed by atoms with van der Waals surface area (Å²) in [6.07, 6.45) is 0. The molecule has 1 N–H and O–H groups in total. The van der Waals surface area contributed by atoms with Crippen molar-refractivity contribution in [2.24, 2.45) is 0 Å². The molecule has 0 aliphatic heterocycles. The Kier molecular flexibility index (Phi) is 3.77. The molecule has 1 aromatic heterocycles. The number of para-hydroxylation sites is 1. The number of halogens is 1. The maximum absolute atomic E-state index is 12.1. The molecule has 0 atom stereocenters. The average Bonchev–Trinajstić information content (AvgIpc) is 2.83. The summed E-state index contributed by atoms with van der Waals surface area (Å²) in [6, 6.07) is 15.0. The van der Waals surface area contributed by atoms with Crippen molar-refractivity contribution in [1.82, 2.24) is 8.94 Å². The molecule has 0 unspecified atom stereocenters. The fraction of sp³-hybridized carbons (Fsp3) is 0.0667. The summed E-state index contributed by atoms with van der Waals surface area (Å²) in [6.45, 7) is 1.96. The van der Waals surface area contributed by atoms with Gasteiger partial charge in [-0.1, -0.05) is 29.8 Å². The maximum Gasteiger partial charge on any atom is 0.332 e. The number of nitrogens with one attached hydrogen (secondary N) is 1. The summed E-state index contributed by atoms with van der Waals surface area (Å²) >= 11 is 6.80. The van der Waals surface area contributed by atoms with E-state index in [1.807, 2.05) is 43.3 Å². The highest BCUT2D eigenvalue weighted by Crippen LogP contribution is 2.21. The van der Waals surface area contributed by atoms with Crippen molar-refractivity contribution in [2.45, 2.75) is 6.92 Å². The highest BCUT2D eigenvalue weighted by atomic mass is 35.5. The van der Waals surface area contributed by atoms with Crippen LogP contribution < -0.4 is 10.2 Å². The summed E-state index contributed by atoms with van der Waals surface area (Å²) in [4.78, 5) is 12.0. The molecule has 21 heavy (non-hydrogen) atoms. The van der Waals surface area contributed by atoms with Crippen molar-refractivity contribution >= 4 is 34.8 Å². The number of nitrogens with zero attached hydrogens (tertiary/aromatic N) is 2. The number of aromatic nitrogens is 2. The fourth-order valence-electron chi connectivity index (χ4n) is 2.02. The van der Waals surface area contributed by atoms with E-state index in [0.717, 1.165) is 28.5 Å². The summed E-state index contributed by atoms with van der Waals surface area (Å²) in [5.74, 6) is 0.502. The Labute approximate surface area is 130 Å². The molecule has 6 heteroatoms. The maximum atomic E-state index is 12.1. The van der Waals surface area contributed by atoms with Gasteiger partial charge < -0.3 is 5.32 Å². The number of benzene rings is 2. The predicted octanol–water partition coefficient (Wildman–Crippen LogP) is 4.00. The van der Waals surface area contributed by atoms with Gasteiger partial charge in [0.25, 0.3) is 0 Å². The number of aryl methyl sites for hydroxylation is 1. The standard InChI is InChI=1S/C15H12ClN3OS/c1-10-4-2-3-5-13(10)19-14(18-21-15(19)20)17-12-8-6-11(16)7-9-12/h2-9H,1H3,(H,17,18). The third-order valence-corrected chi connectivity index (χ3v) is 3.92. The average molecular weight is 318 g/mol. The smallest absolute Gasteiger partial charge is 0.324 e. The van der Waals surface area contributed by atoms with Crippen LogP contribution in [0.5, 0.6) is 0 Å². The molecule has 1 heterocycles. The molecule has 3 rings (SSSR count). The van der Waals surface area contributed by atoms with Gasteiger partial charge in [-0.2, -0.15) is 4.37 Å². The minimum atomic E-state index is -0.124. The van der Waals surface area contributed by atoms with Crippen molar-refractivity contribution in [3.63, 3.8) is 0 Å². The van der Waals surface area contributed by atoms with E-state index in [1.165, 1.54) is 0 Å². The molecule has 106 valence electrons. The van der Waals surface area contributed by atoms with Gasteiger partial charge in [-0.05, 0) is 42.8 Å². The molecule has 3 aromatic rings. The molecule has 0 bridgehead atoms. The molecule has 4 nitrogen and oxygen atoms in total. The van der Waals surface area contributed by atoms with Crippen molar-refractivity contribution in [3.8, 4) is 5.69 Å². The summed E-state index contributed by atoms with van der Waals surface area (Å²) in [5, 5.41) is 3.81. The van der Waals surface area contributed by atoms with E-state index in [9.17, 15) is 4.79 Å². The van der Waals surface area contributed by atoms with Gasteiger partial charge in [0.15, 0.2) is 0 Å². The lowest BCUT2D eigenvalue weighted by Gasteiger charge is -2.10. The van der Waals surface area contributed by atoms with Crippen LogP contribution in [0.3, 0.4) is 0 Å². The third-order valence-electron chi connectivity index (χ3n) is 3.06. The predicted molar refractivity (Wildman–Crippen MR) is 87.2 cm³/mol. The Balaban J connectivity index is 2.04. The molecule has 0 fully saturated rings. The molecule has 0 saturated heterocycles. The van der Waals surface area contributed by atoms with Gasteiger partial charge in [0.1, 0.15) is 0 Å². The Morgan fingerprint density at radius 1 is 1.14 bits per heavy atom. The lowest BCUT2D eigenvalue weighted by molar-refractivity contribution is 1.01. The van der Waals surface area contributed by atoms with E-state index in [4.69, 9.17) is 11.6 Å². The minimum Gasteiger partial charge on any atom is -0.324 e. The first-order valence-electron chi connectivity index (χ1n) is 6.32. The molecule has 2 aromatic carbocycles. The molecule has 0 aliphatic carbocycles. The zero-order valence-corrected chi connectivity index (χ0v) is 12.8. The highest BCUT2D eigenvalue weighted by molar-refractivity contribution is 7.03. The van der Waals surface area contributed by atoms with Gasteiger partial charge in [0.05, 0.1) is 5.69 Å². The molecule has 0 amide bonds. The zero-order valence-electron chi connectivity index (χ0n) is 11.2. The van der Waals surface area contributed by atoms with Crippen LogP contribution in [0.1, 0.15) is 5.56 Å². The van der Waals surface area contributed by atoms with E-state index >= 15 is 0 Å². The minimum absolute atomic E-state index is 0.124. The van der Waals surface area contributed by atoms with Gasteiger partial charge in [-0.3, -0.25) is 4.79 Å². The van der Waals surface area contributed by atoms with E-state index < -0.39 is 0 Å². The first-order valence-corrected chi connectivity index (χ1v) is 7.47. The zero-order chi connectivity index (χ0) is 14.8. The summed E-state index contributed by atoms with van der Waals surface area (Å²) < 4.78 is 5.78. The molecule has 0 saturated carbocycles. The van der Waals surface area contributed by atoms with Crippen LogP contribution in [0.15, 0.2) is 53.3 Å². The van der Waals surface area contributed by atoms with Crippen LogP contribution in [0.4, 0.5) is 11.6 Å². The first-order chi connectivity index (χ1) is 10.1. The van der Waals surface area contributed by atoms with Crippen LogP contribution >= 0.6 is 23.1 Å². The van der Waals surface area contributed by atoms with E-state index in [-0.39, 0.29) is 4.87 Å². The van der Waals surface area contributed by atoms with Crippen LogP contribution in [-0.2, 0) is 0 Å². The topological polar surface area (TPSA) is 46.9 Å². The summed E-state index contributed by atoms with van der Waals surface area (Å²) in [7, 11) is 0. The quantitative estimate of drug-likeness (QED) is 0.794. The SMILES string of the molecule is Cc1ccccc1-n1c(Nc2ccc(Cl)cc2)nsc1=O.